The average Bonchev–Trinajstić information content (AvgIpc) is 3.66. The highest BCUT2D eigenvalue weighted by atomic mass is 16.5. The molecule has 5 aliphatic rings. The molecule has 1 amide bonds. The molecule has 2 saturated carbocycles. The highest BCUT2D eigenvalue weighted by Crippen LogP contribution is 2.66. The van der Waals surface area contributed by atoms with Crippen LogP contribution in [-0.2, 0) is 16.6 Å². The number of hydrogen-bond donors (Lipinski definition) is 2. The first-order valence-corrected chi connectivity index (χ1v) is 14.9. The molecule has 0 radical (unpaired) electrons. The highest BCUT2D eigenvalue weighted by molar-refractivity contribution is 5.94. The first-order chi connectivity index (χ1) is 19.0. The predicted molar refractivity (Wildman–Crippen MR) is 153 cm³/mol. The largest absolute Gasteiger partial charge is 0.504 e. The fourth-order valence-corrected chi connectivity index (χ4v) is 8.98. The zero-order valence-corrected chi connectivity index (χ0v) is 24.4. The first kappa shape index (κ1) is 25.9. The maximum atomic E-state index is 13.5. The van der Waals surface area contributed by atoms with Gasteiger partial charge in [-0.25, -0.2) is 0 Å². The SMILES string of the molecule is Cc1ccc(C#CC(=O)N(C)[C@H]2CC[C@@]3(O)[C@H]4Cc5ccc(O)c6c5[C@@]3(CC[N+]4(C)CC3CC3)[C@H]2O6)c(C)c1C. The number of piperidine rings is 1. The standard InChI is InChI=1S/C34H40N2O4/c1-20-6-9-24(22(3)21(20)2)11-13-29(38)35(4)26-14-15-34(39)28-18-25-10-12-27(37)31-30(25)33(34,32(26)40-31)16-17-36(28,5)19-23-7-8-23/h6,9-10,12,23,26,28,32,39H,7-8,14-19H2,1-5H3/p+1/t26-,28+,32-,33-,34+,36?/m0/s1. The van der Waals surface area contributed by atoms with Crippen LogP contribution in [0.15, 0.2) is 24.3 Å². The fourth-order valence-electron chi connectivity index (χ4n) is 8.98. The van der Waals surface area contributed by atoms with E-state index in [2.05, 4.69) is 32.7 Å². The van der Waals surface area contributed by atoms with Crippen LogP contribution in [0, 0.1) is 38.5 Å². The molecule has 40 heavy (non-hydrogen) atoms. The molecule has 6 nitrogen and oxygen atoms in total. The molecular formula is C34H41N2O4+. The van der Waals surface area contributed by atoms with Gasteiger partial charge in [-0.3, -0.25) is 4.79 Å². The van der Waals surface area contributed by atoms with E-state index >= 15 is 0 Å². The molecule has 1 unspecified atom stereocenters. The Morgan fingerprint density at radius 1 is 1.12 bits per heavy atom. The number of carbonyl (C=O) groups excluding carboxylic acids is 1. The topological polar surface area (TPSA) is 70.0 Å². The molecule has 3 fully saturated rings. The zero-order valence-electron chi connectivity index (χ0n) is 24.4. The number of benzene rings is 2. The van der Waals surface area contributed by atoms with E-state index < -0.39 is 17.1 Å². The summed E-state index contributed by atoms with van der Waals surface area (Å²) in [7, 11) is 4.16. The third-order valence-electron chi connectivity index (χ3n) is 11.6. The number of likely N-dealkylation sites (N-methyl/N-ethyl adjacent to an activating group) is 2. The first-order valence-electron chi connectivity index (χ1n) is 14.9. The quantitative estimate of drug-likeness (QED) is 0.457. The van der Waals surface area contributed by atoms with Crippen LogP contribution < -0.4 is 4.74 Å². The number of amides is 1. The molecule has 1 spiro atoms. The Bertz CT molecular complexity index is 1500. The van der Waals surface area contributed by atoms with Gasteiger partial charge >= 0.3 is 0 Å². The number of phenols is 1. The number of ether oxygens (including phenoxy) is 1. The average molecular weight is 542 g/mol. The zero-order chi connectivity index (χ0) is 28.2. The van der Waals surface area contributed by atoms with Crippen molar-refractivity contribution in [3.8, 4) is 23.3 Å². The van der Waals surface area contributed by atoms with Crippen molar-refractivity contribution in [2.75, 3.05) is 27.2 Å². The van der Waals surface area contributed by atoms with Gasteiger partial charge < -0.3 is 24.3 Å². The Morgan fingerprint density at radius 3 is 2.65 bits per heavy atom. The van der Waals surface area contributed by atoms with Crippen molar-refractivity contribution in [3.05, 3.63) is 57.6 Å². The third-order valence-corrected chi connectivity index (χ3v) is 11.6. The molecule has 2 bridgehead atoms. The molecule has 2 aromatic rings. The maximum Gasteiger partial charge on any atom is 0.298 e. The Labute approximate surface area is 237 Å². The minimum Gasteiger partial charge on any atom is -0.504 e. The van der Waals surface area contributed by atoms with Crippen LogP contribution in [0.3, 0.4) is 0 Å². The maximum absolute atomic E-state index is 13.5. The van der Waals surface area contributed by atoms with Gasteiger partial charge in [0.2, 0.25) is 0 Å². The van der Waals surface area contributed by atoms with Gasteiger partial charge in [0.15, 0.2) is 11.5 Å². The summed E-state index contributed by atoms with van der Waals surface area (Å²) < 4.78 is 7.57. The number of likely N-dealkylation sites (tertiary alicyclic amines) is 1. The minimum absolute atomic E-state index is 0.0745. The number of aliphatic hydroxyl groups is 1. The van der Waals surface area contributed by atoms with Gasteiger partial charge in [0.25, 0.3) is 5.91 Å². The van der Waals surface area contributed by atoms with Gasteiger partial charge in [-0.2, -0.15) is 0 Å². The van der Waals surface area contributed by atoms with E-state index in [-0.39, 0.29) is 23.7 Å². The number of aromatic hydroxyl groups is 1. The number of carbonyl (C=O) groups is 1. The highest BCUT2D eigenvalue weighted by Gasteiger charge is 2.76. The number of hydrogen-bond acceptors (Lipinski definition) is 4. The number of quaternary nitrogens is 1. The van der Waals surface area contributed by atoms with Gasteiger partial charge in [-0.1, -0.05) is 18.1 Å². The van der Waals surface area contributed by atoms with Crippen molar-refractivity contribution in [2.24, 2.45) is 5.92 Å². The molecule has 2 aromatic carbocycles. The molecule has 2 N–H and O–H groups in total. The summed E-state index contributed by atoms with van der Waals surface area (Å²) in [6, 6.07) is 7.64. The van der Waals surface area contributed by atoms with Crippen LogP contribution in [0.2, 0.25) is 0 Å². The van der Waals surface area contributed by atoms with Crippen LogP contribution in [0.4, 0.5) is 0 Å². The summed E-state index contributed by atoms with van der Waals surface area (Å²) in [6.45, 7) is 8.30. The Kier molecular flexibility index (Phi) is 5.51. The lowest BCUT2D eigenvalue weighted by Crippen LogP contribution is -2.82. The molecule has 6 heteroatoms. The van der Waals surface area contributed by atoms with Crippen molar-refractivity contribution >= 4 is 5.91 Å². The number of aryl methyl sites for hydroxylation is 1. The molecule has 2 aliphatic heterocycles. The summed E-state index contributed by atoms with van der Waals surface area (Å²) in [4.78, 5) is 15.3. The van der Waals surface area contributed by atoms with Crippen molar-refractivity contribution in [2.45, 2.75) is 88.5 Å². The van der Waals surface area contributed by atoms with E-state index in [4.69, 9.17) is 4.74 Å². The number of nitrogens with zero attached hydrogens (tertiary/aromatic N) is 2. The fraction of sp³-hybridized carbons (Fsp3) is 0.559. The van der Waals surface area contributed by atoms with Crippen molar-refractivity contribution in [1.82, 2.24) is 4.90 Å². The van der Waals surface area contributed by atoms with Crippen LogP contribution in [0.25, 0.3) is 0 Å². The summed E-state index contributed by atoms with van der Waals surface area (Å²) in [5.74, 6) is 7.19. The van der Waals surface area contributed by atoms with Crippen molar-refractivity contribution < 1.29 is 24.2 Å². The monoisotopic (exact) mass is 541 g/mol. The second-order valence-electron chi connectivity index (χ2n) is 13.6. The van der Waals surface area contributed by atoms with Crippen molar-refractivity contribution in [1.29, 1.82) is 0 Å². The lowest BCUT2D eigenvalue weighted by molar-refractivity contribution is -0.950. The second-order valence-corrected chi connectivity index (χ2v) is 13.6. The van der Waals surface area contributed by atoms with E-state index in [1.807, 2.05) is 32.2 Å². The number of phenolic OH excluding ortho intramolecular Hbond substituents is 1. The lowest BCUT2D eigenvalue weighted by atomic mass is 9.47. The van der Waals surface area contributed by atoms with Gasteiger partial charge in [0.05, 0.1) is 31.6 Å². The predicted octanol–water partition coefficient (Wildman–Crippen LogP) is 3.90. The number of rotatable bonds is 3. The summed E-state index contributed by atoms with van der Waals surface area (Å²) >= 11 is 0. The van der Waals surface area contributed by atoms with E-state index in [1.54, 1.807) is 11.0 Å². The third kappa shape index (κ3) is 3.34. The Balaban J connectivity index is 1.26. The summed E-state index contributed by atoms with van der Waals surface area (Å²) in [5.41, 5.74) is 4.97. The van der Waals surface area contributed by atoms with Crippen LogP contribution in [-0.4, -0.2) is 76.5 Å². The molecule has 0 aromatic heterocycles. The Hall–Kier alpha value is -3.01. The molecule has 2 heterocycles. The van der Waals surface area contributed by atoms with Gasteiger partial charge in [-0.15, -0.1) is 0 Å². The smallest absolute Gasteiger partial charge is 0.298 e. The lowest BCUT2D eigenvalue weighted by Gasteiger charge is -2.66. The van der Waals surface area contributed by atoms with E-state index in [0.29, 0.717) is 18.6 Å². The van der Waals surface area contributed by atoms with E-state index in [9.17, 15) is 15.0 Å². The van der Waals surface area contributed by atoms with Crippen LogP contribution in [0.5, 0.6) is 11.5 Å². The molecular weight excluding hydrogens is 500 g/mol. The van der Waals surface area contributed by atoms with Gasteiger partial charge in [0.1, 0.15) is 17.7 Å². The minimum atomic E-state index is -0.950. The van der Waals surface area contributed by atoms with Crippen LogP contribution >= 0.6 is 0 Å². The Morgan fingerprint density at radius 2 is 1.90 bits per heavy atom. The van der Waals surface area contributed by atoms with Gasteiger partial charge in [0, 0.05) is 42.9 Å². The normalized spacial score (nSPS) is 34.8. The summed E-state index contributed by atoms with van der Waals surface area (Å²) in [6.07, 6.45) is 4.98. The molecule has 210 valence electrons. The van der Waals surface area contributed by atoms with E-state index in [0.717, 1.165) is 53.0 Å². The second kappa shape index (κ2) is 8.50. The van der Waals surface area contributed by atoms with E-state index in [1.165, 1.54) is 29.5 Å². The summed E-state index contributed by atoms with van der Waals surface area (Å²) in [5, 5.41) is 23.8. The molecule has 1 saturated heterocycles. The van der Waals surface area contributed by atoms with Crippen molar-refractivity contribution in [3.63, 3.8) is 0 Å². The van der Waals surface area contributed by atoms with Crippen LogP contribution in [0.1, 0.15) is 65.5 Å². The van der Waals surface area contributed by atoms with Gasteiger partial charge in [-0.05, 0) is 80.8 Å². The molecule has 6 atom stereocenters. The molecule has 7 rings (SSSR count). The molecule has 3 aliphatic carbocycles.